The fourth-order valence-electron chi connectivity index (χ4n) is 2.48. The van der Waals surface area contributed by atoms with E-state index in [0.717, 1.165) is 44.5 Å². The first-order valence-corrected chi connectivity index (χ1v) is 7.59. The van der Waals surface area contributed by atoms with Crippen molar-refractivity contribution in [3.05, 3.63) is 28.3 Å². The molecule has 1 fully saturated rings. The number of anilines is 1. The third-order valence-electron chi connectivity index (χ3n) is 3.56. The molecule has 1 heterocycles. The first-order chi connectivity index (χ1) is 10.2. The van der Waals surface area contributed by atoms with E-state index in [2.05, 4.69) is 10.6 Å². The highest BCUT2D eigenvalue weighted by atomic mass is 16.6. The van der Waals surface area contributed by atoms with Crippen molar-refractivity contribution in [3.63, 3.8) is 0 Å². The molecule has 116 valence electrons. The highest BCUT2D eigenvalue weighted by molar-refractivity contribution is 5.58. The van der Waals surface area contributed by atoms with Gasteiger partial charge in [0.2, 0.25) is 0 Å². The van der Waals surface area contributed by atoms with E-state index in [-0.39, 0.29) is 5.69 Å². The maximum Gasteiger partial charge on any atom is 0.311 e. The van der Waals surface area contributed by atoms with E-state index in [4.69, 9.17) is 4.74 Å². The van der Waals surface area contributed by atoms with Gasteiger partial charge in [-0.3, -0.25) is 10.1 Å². The van der Waals surface area contributed by atoms with Crippen molar-refractivity contribution in [1.29, 1.82) is 0 Å². The van der Waals surface area contributed by atoms with Crippen LogP contribution in [0, 0.1) is 10.1 Å². The zero-order chi connectivity index (χ0) is 15.1. The number of hydrogen-bond donors (Lipinski definition) is 2. The van der Waals surface area contributed by atoms with E-state index in [0.29, 0.717) is 18.4 Å². The highest BCUT2D eigenvalue weighted by Crippen LogP contribution is 2.31. The Morgan fingerprint density at radius 2 is 2.29 bits per heavy atom. The molecule has 0 saturated carbocycles. The summed E-state index contributed by atoms with van der Waals surface area (Å²) in [5, 5.41) is 17.9. The summed E-state index contributed by atoms with van der Waals surface area (Å²) in [6, 6.07) is 5.42. The molecule has 0 bridgehead atoms. The number of nitro groups is 1. The standard InChI is InChI=1S/C15H23N3O3/c1-2-10-21-15-11-13(5-6-14(15)18(19)20)17-12-4-3-8-16-9-7-12/h5-6,11-12,16-17H,2-4,7-10H2,1H3. The van der Waals surface area contributed by atoms with Crippen LogP contribution in [0.3, 0.4) is 0 Å². The molecule has 0 aliphatic carbocycles. The Morgan fingerprint density at radius 3 is 3.05 bits per heavy atom. The molecular formula is C15H23N3O3. The number of ether oxygens (including phenoxy) is 1. The van der Waals surface area contributed by atoms with Gasteiger partial charge >= 0.3 is 5.69 Å². The Bertz CT molecular complexity index is 471. The normalized spacial score (nSPS) is 18.8. The van der Waals surface area contributed by atoms with Gasteiger partial charge in [0.15, 0.2) is 5.75 Å². The topological polar surface area (TPSA) is 76.4 Å². The zero-order valence-corrected chi connectivity index (χ0v) is 12.4. The predicted molar refractivity (Wildman–Crippen MR) is 83.0 cm³/mol. The smallest absolute Gasteiger partial charge is 0.311 e. The Labute approximate surface area is 125 Å². The van der Waals surface area contributed by atoms with Crippen LogP contribution in [0.2, 0.25) is 0 Å². The second kappa shape index (κ2) is 7.83. The van der Waals surface area contributed by atoms with Gasteiger partial charge in [-0.2, -0.15) is 0 Å². The van der Waals surface area contributed by atoms with Crippen LogP contribution < -0.4 is 15.4 Å². The molecule has 1 aliphatic heterocycles. The molecule has 21 heavy (non-hydrogen) atoms. The molecule has 0 amide bonds. The third kappa shape index (κ3) is 4.60. The largest absolute Gasteiger partial charge is 0.487 e. The van der Waals surface area contributed by atoms with Gasteiger partial charge in [-0.1, -0.05) is 6.92 Å². The maximum atomic E-state index is 11.0. The van der Waals surface area contributed by atoms with Gasteiger partial charge in [0.25, 0.3) is 0 Å². The number of nitrogens with one attached hydrogen (secondary N) is 2. The summed E-state index contributed by atoms with van der Waals surface area (Å²) in [6.45, 7) is 4.53. The molecule has 1 aromatic rings. The van der Waals surface area contributed by atoms with Crippen LogP contribution in [0.5, 0.6) is 5.75 Å². The molecule has 6 heteroatoms. The summed E-state index contributed by atoms with van der Waals surface area (Å²) >= 11 is 0. The number of nitro benzene ring substituents is 1. The van der Waals surface area contributed by atoms with E-state index < -0.39 is 4.92 Å². The second-order valence-corrected chi connectivity index (χ2v) is 5.31. The van der Waals surface area contributed by atoms with Crippen LogP contribution >= 0.6 is 0 Å². The molecule has 0 aromatic heterocycles. The number of nitrogens with zero attached hydrogens (tertiary/aromatic N) is 1. The zero-order valence-electron chi connectivity index (χ0n) is 12.4. The van der Waals surface area contributed by atoms with Crippen LogP contribution in [0.4, 0.5) is 11.4 Å². The Balaban J connectivity index is 2.10. The average molecular weight is 293 g/mol. The van der Waals surface area contributed by atoms with Crippen molar-refractivity contribution >= 4 is 11.4 Å². The van der Waals surface area contributed by atoms with Crippen LogP contribution in [-0.4, -0.2) is 30.7 Å². The molecular weight excluding hydrogens is 270 g/mol. The van der Waals surface area contributed by atoms with Gasteiger partial charge in [-0.05, 0) is 44.8 Å². The van der Waals surface area contributed by atoms with E-state index >= 15 is 0 Å². The van der Waals surface area contributed by atoms with Crippen molar-refractivity contribution in [2.24, 2.45) is 0 Å². The molecule has 1 unspecified atom stereocenters. The monoisotopic (exact) mass is 293 g/mol. The molecule has 1 aliphatic rings. The molecule has 1 atom stereocenters. The van der Waals surface area contributed by atoms with Crippen molar-refractivity contribution in [3.8, 4) is 5.75 Å². The van der Waals surface area contributed by atoms with E-state index in [9.17, 15) is 10.1 Å². The van der Waals surface area contributed by atoms with Crippen LogP contribution in [-0.2, 0) is 0 Å². The van der Waals surface area contributed by atoms with Gasteiger partial charge < -0.3 is 15.4 Å². The Hall–Kier alpha value is -1.82. The minimum Gasteiger partial charge on any atom is -0.487 e. The van der Waals surface area contributed by atoms with Crippen molar-refractivity contribution < 1.29 is 9.66 Å². The van der Waals surface area contributed by atoms with Gasteiger partial charge in [-0.25, -0.2) is 0 Å². The molecule has 1 saturated heterocycles. The van der Waals surface area contributed by atoms with Gasteiger partial charge in [0.1, 0.15) is 0 Å². The fraction of sp³-hybridized carbons (Fsp3) is 0.600. The van der Waals surface area contributed by atoms with Crippen molar-refractivity contribution in [2.75, 3.05) is 25.0 Å². The molecule has 0 radical (unpaired) electrons. The average Bonchev–Trinajstić information content (AvgIpc) is 2.73. The van der Waals surface area contributed by atoms with Crippen molar-refractivity contribution in [1.82, 2.24) is 5.32 Å². The van der Waals surface area contributed by atoms with Crippen LogP contribution in [0.25, 0.3) is 0 Å². The second-order valence-electron chi connectivity index (χ2n) is 5.31. The number of benzene rings is 1. The summed E-state index contributed by atoms with van der Waals surface area (Å²) in [5.41, 5.74) is 0.912. The van der Waals surface area contributed by atoms with Gasteiger partial charge in [0.05, 0.1) is 11.5 Å². The van der Waals surface area contributed by atoms with Crippen LogP contribution in [0.1, 0.15) is 32.6 Å². The summed E-state index contributed by atoms with van der Waals surface area (Å²) in [6.07, 6.45) is 4.13. The lowest BCUT2D eigenvalue weighted by Gasteiger charge is -2.18. The molecule has 2 rings (SSSR count). The van der Waals surface area contributed by atoms with E-state index in [1.807, 2.05) is 6.92 Å². The first kappa shape index (κ1) is 15.6. The minimum absolute atomic E-state index is 0.0246. The molecule has 2 N–H and O–H groups in total. The van der Waals surface area contributed by atoms with Gasteiger partial charge in [0, 0.05) is 23.9 Å². The first-order valence-electron chi connectivity index (χ1n) is 7.59. The fourth-order valence-corrected chi connectivity index (χ4v) is 2.48. The number of rotatable bonds is 6. The quantitative estimate of drug-likeness (QED) is 0.623. The predicted octanol–water partition coefficient (Wildman–Crippen LogP) is 2.94. The summed E-state index contributed by atoms with van der Waals surface area (Å²) in [5.74, 6) is 0.346. The summed E-state index contributed by atoms with van der Waals surface area (Å²) in [4.78, 5) is 10.6. The molecule has 0 spiro atoms. The lowest BCUT2D eigenvalue weighted by molar-refractivity contribution is -0.385. The van der Waals surface area contributed by atoms with Crippen LogP contribution in [0.15, 0.2) is 18.2 Å². The summed E-state index contributed by atoms with van der Waals surface area (Å²) < 4.78 is 5.51. The number of hydrogen-bond acceptors (Lipinski definition) is 5. The lowest BCUT2D eigenvalue weighted by atomic mass is 10.1. The molecule has 6 nitrogen and oxygen atoms in total. The Kier molecular flexibility index (Phi) is 5.80. The third-order valence-corrected chi connectivity index (χ3v) is 3.56. The highest BCUT2D eigenvalue weighted by Gasteiger charge is 2.17. The minimum atomic E-state index is -0.398. The van der Waals surface area contributed by atoms with E-state index in [1.165, 1.54) is 6.07 Å². The van der Waals surface area contributed by atoms with Crippen molar-refractivity contribution in [2.45, 2.75) is 38.6 Å². The molecule has 1 aromatic carbocycles. The Morgan fingerprint density at radius 1 is 1.43 bits per heavy atom. The lowest BCUT2D eigenvalue weighted by Crippen LogP contribution is -2.21. The van der Waals surface area contributed by atoms with E-state index in [1.54, 1.807) is 12.1 Å². The summed E-state index contributed by atoms with van der Waals surface area (Å²) in [7, 11) is 0. The van der Waals surface area contributed by atoms with Gasteiger partial charge in [-0.15, -0.1) is 0 Å². The maximum absolute atomic E-state index is 11.0. The SMILES string of the molecule is CCCOc1cc(NC2CCCNCC2)ccc1[N+](=O)[O-].